The minimum absolute atomic E-state index is 0.0588. The van der Waals surface area contributed by atoms with Gasteiger partial charge in [-0.05, 0) is 32.6 Å². The van der Waals surface area contributed by atoms with Gasteiger partial charge in [0.25, 0.3) is 11.5 Å². The summed E-state index contributed by atoms with van der Waals surface area (Å²) >= 11 is 0. The van der Waals surface area contributed by atoms with Crippen molar-refractivity contribution < 1.29 is 14.3 Å². The molecular formula is C18H26N2O4. The third kappa shape index (κ3) is 3.48. The summed E-state index contributed by atoms with van der Waals surface area (Å²) in [6, 6.07) is 1.48. The zero-order chi connectivity index (χ0) is 17.1. The van der Waals surface area contributed by atoms with E-state index in [-0.39, 0.29) is 11.5 Å². The number of carbonyl (C=O) groups excluding carboxylic acids is 1. The molecule has 1 fully saturated rings. The predicted molar refractivity (Wildman–Crippen MR) is 90.7 cm³/mol. The molecule has 2 aliphatic rings. The third-order valence-corrected chi connectivity index (χ3v) is 4.76. The average molecular weight is 334 g/mol. The maximum atomic E-state index is 13.1. The van der Waals surface area contributed by atoms with Gasteiger partial charge in [0, 0.05) is 37.8 Å². The Morgan fingerprint density at radius 2 is 2.08 bits per heavy atom. The molecular weight excluding hydrogens is 308 g/mol. The summed E-state index contributed by atoms with van der Waals surface area (Å²) in [5.41, 5.74) is 1.18. The van der Waals surface area contributed by atoms with Crippen LogP contribution in [0.15, 0.2) is 10.9 Å². The van der Waals surface area contributed by atoms with E-state index in [4.69, 9.17) is 9.47 Å². The topological polar surface area (TPSA) is 60.8 Å². The summed E-state index contributed by atoms with van der Waals surface area (Å²) in [6.07, 6.45) is 2.88. The third-order valence-electron chi connectivity index (χ3n) is 4.76. The van der Waals surface area contributed by atoms with Crippen LogP contribution in [0.2, 0.25) is 0 Å². The molecule has 0 N–H and O–H groups in total. The summed E-state index contributed by atoms with van der Waals surface area (Å²) in [6.45, 7) is 7.26. The van der Waals surface area contributed by atoms with E-state index in [1.165, 1.54) is 6.07 Å². The van der Waals surface area contributed by atoms with Crippen molar-refractivity contribution in [3.05, 3.63) is 27.7 Å². The van der Waals surface area contributed by atoms with Gasteiger partial charge in [-0.1, -0.05) is 0 Å². The van der Waals surface area contributed by atoms with Gasteiger partial charge in [-0.25, -0.2) is 0 Å². The second-order valence-corrected chi connectivity index (χ2v) is 6.41. The lowest BCUT2D eigenvalue weighted by Gasteiger charge is -2.23. The van der Waals surface area contributed by atoms with Crippen molar-refractivity contribution in [1.29, 1.82) is 0 Å². The minimum Gasteiger partial charge on any atom is -0.492 e. The van der Waals surface area contributed by atoms with E-state index in [9.17, 15) is 9.59 Å². The maximum absolute atomic E-state index is 13.1. The van der Waals surface area contributed by atoms with Crippen LogP contribution in [0.25, 0.3) is 0 Å². The van der Waals surface area contributed by atoms with Crippen LogP contribution < -0.4 is 10.3 Å². The Hall–Kier alpha value is -1.82. The van der Waals surface area contributed by atoms with Crippen LogP contribution in [0.3, 0.4) is 0 Å². The molecule has 0 unspecified atom stereocenters. The van der Waals surface area contributed by atoms with Crippen LogP contribution >= 0.6 is 0 Å². The van der Waals surface area contributed by atoms with Gasteiger partial charge < -0.3 is 18.9 Å². The van der Waals surface area contributed by atoms with Gasteiger partial charge in [-0.3, -0.25) is 9.59 Å². The Bertz CT molecular complexity index is 660. The number of carbonyl (C=O) groups is 1. The van der Waals surface area contributed by atoms with Crippen molar-refractivity contribution in [2.45, 2.75) is 39.7 Å². The van der Waals surface area contributed by atoms with Crippen molar-refractivity contribution in [2.75, 3.05) is 32.9 Å². The lowest BCUT2D eigenvalue weighted by molar-refractivity contribution is 0.0765. The molecule has 0 saturated heterocycles. The zero-order valence-electron chi connectivity index (χ0n) is 14.5. The fraction of sp³-hybridized carbons (Fsp3) is 0.667. The first kappa shape index (κ1) is 17.0. The highest BCUT2D eigenvalue weighted by molar-refractivity contribution is 5.98. The lowest BCUT2D eigenvalue weighted by Crippen LogP contribution is -2.35. The van der Waals surface area contributed by atoms with Crippen molar-refractivity contribution in [2.24, 2.45) is 5.92 Å². The van der Waals surface area contributed by atoms with Crippen LogP contribution in [0.1, 0.15) is 42.7 Å². The van der Waals surface area contributed by atoms with Crippen molar-refractivity contribution in [1.82, 2.24) is 9.47 Å². The van der Waals surface area contributed by atoms with Gasteiger partial charge in [0.2, 0.25) is 0 Å². The highest BCUT2D eigenvalue weighted by Gasteiger charge is 2.28. The molecule has 1 aromatic rings. The van der Waals surface area contributed by atoms with E-state index < -0.39 is 0 Å². The molecule has 0 atom stereocenters. The molecule has 1 amide bonds. The molecule has 0 aromatic carbocycles. The monoisotopic (exact) mass is 334 g/mol. The zero-order valence-corrected chi connectivity index (χ0v) is 14.5. The predicted octanol–water partition coefficient (Wildman–Crippen LogP) is 1.69. The Balaban J connectivity index is 2.05. The number of rotatable bonds is 6. The average Bonchev–Trinajstić information content (AvgIpc) is 3.40. The first-order valence-corrected chi connectivity index (χ1v) is 8.92. The van der Waals surface area contributed by atoms with E-state index in [2.05, 4.69) is 0 Å². The first-order chi connectivity index (χ1) is 11.7. The molecule has 1 saturated carbocycles. The first-order valence-electron chi connectivity index (χ1n) is 8.92. The van der Waals surface area contributed by atoms with Gasteiger partial charge in [0.05, 0.1) is 19.8 Å². The Morgan fingerprint density at radius 3 is 2.75 bits per heavy atom. The molecule has 1 aromatic heterocycles. The van der Waals surface area contributed by atoms with E-state index in [1.54, 1.807) is 9.47 Å². The number of amides is 1. The van der Waals surface area contributed by atoms with Gasteiger partial charge in [0.15, 0.2) is 0 Å². The molecule has 3 rings (SSSR count). The number of ether oxygens (including phenoxy) is 2. The number of hydrogen-bond acceptors (Lipinski definition) is 4. The Kier molecular flexibility index (Phi) is 5.23. The van der Waals surface area contributed by atoms with Crippen molar-refractivity contribution >= 4 is 5.91 Å². The van der Waals surface area contributed by atoms with Gasteiger partial charge >= 0.3 is 0 Å². The molecule has 2 heterocycles. The smallest absolute Gasteiger partial charge is 0.259 e. The summed E-state index contributed by atoms with van der Waals surface area (Å²) in [5.74, 6) is 0.944. The molecule has 6 heteroatoms. The van der Waals surface area contributed by atoms with Crippen LogP contribution in [0, 0.1) is 5.92 Å². The van der Waals surface area contributed by atoms with E-state index in [0.29, 0.717) is 63.1 Å². The van der Waals surface area contributed by atoms with Crippen molar-refractivity contribution in [3.63, 3.8) is 0 Å². The molecule has 0 bridgehead atoms. The van der Waals surface area contributed by atoms with Crippen LogP contribution in [-0.4, -0.2) is 48.3 Å². The Morgan fingerprint density at radius 1 is 1.33 bits per heavy atom. The van der Waals surface area contributed by atoms with Gasteiger partial charge in [-0.2, -0.15) is 0 Å². The maximum Gasteiger partial charge on any atom is 0.259 e. The van der Waals surface area contributed by atoms with Crippen LogP contribution in [0.4, 0.5) is 0 Å². The molecule has 24 heavy (non-hydrogen) atoms. The second-order valence-electron chi connectivity index (χ2n) is 6.41. The minimum atomic E-state index is -0.114. The fourth-order valence-electron chi connectivity index (χ4n) is 3.11. The van der Waals surface area contributed by atoms with E-state index in [1.807, 2.05) is 13.8 Å². The highest BCUT2D eigenvalue weighted by Crippen LogP contribution is 2.31. The van der Waals surface area contributed by atoms with Crippen molar-refractivity contribution in [3.8, 4) is 5.75 Å². The summed E-state index contributed by atoms with van der Waals surface area (Å²) < 4.78 is 13.1. The number of aromatic nitrogens is 1. The van der Waals surface area contributed by atoms with E-state index >= 15 is 0 Å². The molecule has 1 aliphatic heterocycles. The number of hydrogen-bond donors (Lipinski definition) is 0. The molecule has 0 radical (unpaired) electrons. The number of fused-ring (bicyclic) bond motifs is 1. The molecule has 132 valence electrons. The summed E-state index contributed by atoms with van der Waals surface area (Å²) in [7, 11) is 0. The Labute approximate surface area is 142 Å². The quantitative estimate of drug-likeness (QED) is 0.794. The fourth-order valence-corrected chi connectivity index (χ4v) is 3.11. The normalized spacial score (nSPS) is 17.1. The molecule has 1 aliphatic carbocycles. The SMILES string of the molecule is CCN(CC)C(=O)c1c(OCC2CC2)cc(=O)n2c1CCOCC2. The molecule has 6 nitrogen and oxygen atoms in total. The van der Waals surface area contributed by atoms with E-state index in [0.717, 1.165) is 18.5 Å². The van der Waals surface area contributed by atoms with Gasteiger partial charge in [-0.15, -0.1) is 0 Å². The number of pyridine rings is 1. The van der Waals surface area contributed by atoms with Gasteiger partial charge in [0.1, 0.15) is 11.3 Å². The summed E-state index contributed by atoms with van der Waals surface area (Å²) in [4.78, 5) is 27.3. The lowest BCUT2D eigenvalue weighted by atomic mass is 10.1. The standard InChI is InChI=1S/C18H26N2O4/c1-3-19(4-2)18(22)17-14-7-9-23-10-8-20(14)16(21)11-15(17)24-12-13-5-6-13/h11,13H,3-10,12H2,1-2H3. The van der Waals surface area contributed by atoms with Crippen LogP contribution in [-0.2, 0) is 17.7 Å². The highest BCUT2D eigenvalue weighted by atomic mass is 16.5. The second kappa shape index (κ2) is 7.38. The largest absolute Gasteiger partial charge is 0.492 e. The molecule has 0 spiro atoms. The van der Waals surface area contributed by atoms with Crippen LogP contribution in [0.5, 0.6) is 5.75 Å². The number of nitrogens with zero attached hydrogens (tertiary/aromatic N) is 2. The summed E-state index contributed by atoms with van der Waals surface area (Å²) in [5, 5.41) is 0.